The number of thiophene rings is 1. The molecule has 2 bridgehead atoms. The van der Waals surface area contributed by atoms with Crippen molar-refractivity contribution >= 4 is 23.4 Å². The minimum absolute atomic E-state index is 0.158. The van der Waals surface area contributed by atoms with E-state index in [1.807, 2.05) is 0 Å². The lowest BCUT2D eigenvalue weighted by atomic mass is 10.0. The predicted molar refractivity (Wildman–Crippen MR) is 88.7 cm³/mol. The van der Waals surface area contributed by atoms with Gasteiger partial charge in [-0.05, 0) is 42.5 Å². The Morgan fingerprint density at radius 1 is 1.36 bits per heavy atom. The number of halogens is 3. The molecule has 0 aliphatic carbocycles. The maximum absolute atomic E-state index is 12.5. The maximum Gasteiger partial charge on any atom is 0.458 e. The van der Waals surface area contributed by atoms with Gasteiger partial charge in [-0.25, -0.2) is 4.79 Å². The highest BCUT2D eigenvalue weighted by molar-refractivity contribution is 7.13. The van der Waals surface area contributed by atoms with Crippen LogP contribution < -0.4 is 5.32 Å². The largest absolute Gasteiger partial charge is 0.458 e. The Kier molecular flexibility index (Phi) is 4.01. The standard InChI is InChI=1S/C17H16F3N3OS/c18-17(19,20)4-1-13-7-12-9-23(6-3-15(12)25-13)16(24)21-14-10-22-5-2-11(14)8-22/h3,6-7,11,14H,2,5,8-10H2,(H,21,24). The summed E-state index contributed by atoms with van der Waals surface area (Å²) in [6.07, 6.45) is 0.0639. The molecule has 8 heteroatoms. The molecule has 25 heavy (non-hydrogen) atoms. The predicted octanol–water partition coefficient (Wildman–Crippen LogP) is 2.86. The Balaban J connectivity index is 1.41. The van der Waals surface area contributed by atoms with Gasteiger partial charge < -0.3 is 10.2 Å². The van der Waals surface area contributed by atoms with Crippen LogP contribution in [0.1, 0.15) is 21.7 Å². The van der Waals surface area contributed by atoms with Crippen LogP contribution in [-0.4, -0.2) is 47.7 Å². The molecule has 4 nitrogen and oxygen atoms in total. The van der Waals surface area contributed by atoms with Gasteiger partial charge in [-0.2, -0.15) is 13.2 Å². The number of carbonyl (C=O) groups excluding carboxylic acids is 1. The van der Waals surface area contributed by atoms with Gasteiger partial charge in [-0.15, -0.1) is 11.3 Å². The second kappa shape index (κ2) is 6.07. The third kappa shape index (κ3) is 3.53. The van der Waals surface area contributed by atoms with Crippen LogP contribution in [0.3, 0.4) is 0 Å². The summed E-state index contributed by atoms with van der Waals surface area (Å²) in [6, 6.07) is 1.66. The van der Waals surface area contributed by atoms with Crippen LogP contribution in [0.5, 0.6) is 0 Å². The van der Waals surface area contributed by atoms with Gasteiger partial charge in [0, 0.05) is 36.1 Å². The average Bonchev–Trinajstić information content (AvgIpc) is 3.26. The van der Waals surface area contributed by atoms with E-state index in [1.54, 1.807) is 23.2 Å². The second-order valence-corrected chi connectivity index (χ2v) is 7.64. The van der Waals surface area contributed by atoms with Crippen LogP contribution in [0.4, 0.5) is 18.0 Å². The van der Waals surface area contributed by atoms with E-state index in [2.05, 4.69) is 16.1 Å². The van der Waals surface area contributed by atoms with Crippen LogP contribution >= 0.6 is 11.3 Å². The fourth-order valence-electron chi connectivity index (χ4n) is 3.62. The third-order valence-corrected chi connectivity index (χ3v) is 5.88. The monoisotopic (exact) mass is 367 g/mol. The fourth-order valence-corrected chi connectivity index (χ4v) is 4.55. The van der Waals surface area contributed by atoms with E-state index in [0.717, 1.165) is 36.5 Å². The summed E-state index contributed by atoms with van der Waals surface area (Å²) >= 11 is 1.21. The summed E-state index contributed by atoms with van der Waals surface area (Å²) in [6.45, 7) is 3.41. The van der Waals surface area contributed by atoms with Gasteiger partial charge in [-0.3, -0.25) is 4.90 Å². The first-order chi connectivity index (χ1) is 11.9. The average molecular weight is 367 g/mol. The summed E-state index contributed by atoms with van der Waals surface area (Å²) in [7, 11) is 0. The van der Waals surface area contributed by atoms with E-state index in [0.29, 0.717) is 17.3 Å². The number of piperidine rings is 1. The van der Waals surface area contributed by atoms with E-state index < -0.39 is 6.18 Å². The molecule has 0 spiro atoms. The van der Waals surface area contributed by atoms with Crippen molar-refractivity contribution in [1.29, 1.82) is 0 Å². The Hall–Kier alpha value is -1.98. The molecular formula is C17H16F3N3OS. The Bertz CT molecular complexity index is 789. The summed E-state index contributed by atoms with van der Waals surface area (Å²) in [5.41, 5.74) is 0.825. The molecule has 1 N–H and O–H groups in total. The number of hydrogen-bond acceptors (Lipinski definition) is 3. The second-order valence-electron chi connectivity index (χ2n) is 6.56. The van der Waals surface area contributed by atoms with Crippen molar-refractivity contribution < 1.29 is 18.0 Å². The molecule has 3 aliphatic rings. The van der Waals surface area contributed by atoms with Crippen molar-refractivity contribution in [3.8, 4) is 11.8 Å². The molecule has 4 rings (SSSR count). The molecule has 2 amide bonds. The smallest absolute Gasteiger partial charge is 0.333 e. The molecule has 0 saturated carbocycles. The van der Waals surface area contributed by atoms with Gasteiger partial charge in [0.1, 0.15) is 0 Å². The number of alkyl halides is 3. The number of nitrogens with zero attached hydrogens (tertiary/aromatic N) is 2. The Morgan fingerprint density at radius 2 is 2.20 bits per heavy atom. The molecule has 0 aromatic carbocycles. The molecule has 2 saturated heterocycles. The summed E-state index contributed by atoms with van der Waals surface area (Å²) in [5, 5.41) is 3.08. The lowest BCUT2D eigenvalue weighted by Crippen LogP contribution is -2.47. The molecule has 0 radical (unpaired) electrons. The Labute approximate surface area is 147 Å². The molecular weight excluding hydrogens is 351 g/mol. The van der Waals surface area contributed by atoms with Gasteiger partial charge in [-0.1, -0.05) is 0 Å². The zero-order valence-electron chi connectivity index (χ0n) is 13.3. The van der Waals surface area contributed by atoms with Crippen molar-refractivity contribution in [3.05, 3.63) is 27.6 Å². The first-order valence-electron chi connectivity index (χ1n) is 8.08. The molecule has 1 aromatic heterocycles. The molecule has 4 heterocycles. The molecule has 3 aliphatic heterocycles. The van der Waals surface area contributed by atoms with Gasteiger partial charge in [0.2, 0.25) is 0 Å². The van der Waals surface area contributed by atoms with Crippen molar-refractivity contribution in [2.24, 2.45) is 5.92 Å². The third-order valence-electron chi connectivity index (χ3n) is 4.82. The minimum Gasteiger partial charge on any atom is -0.333 e. The Morgan fingerprint density at radius 3 is 2.88 bits per heavy atom. The van der Waals surface area contributed by atoms with Crippen LogP contribution in [0, 0.1) is 17.8 Å². The SMILES string of the molecule is O=C(NC1CN2CCC1C2)N1C=Cc2sc(C#CC(F)(F)F)cc2C1. The summed E-state index contributed by atoms with van der Waals surface area (Å²) in [5.74, 6) is 3.96. The van der Waals surface area contributed by atoms with Crippen LogP contribution in [-0.2, 0) is 6.54 Å². The van der Waals surface area contributed by atoms with Crippen LogP contribution in [0.15, 0.2) is 12.3 Å². The number of urea groups is 1. The van der Waals surface area contributed by atoms with Gasteiger partial charge >= 0.3 is 12.2 Å². The van der Waals surface area contributed by atoms with E-state index in [4.69, 9.17) is 0 Å². The highest BCUT2D eigenvalue weighted by Gasteiger charge is 2.39. The van der Waals surface area contributed by atoms with Crippen molar-refractivity contribution in [2.75, 3.05) is 19.6 Å². The normalized spacial score (nSPS) is 27.0. The lowest BCUT2D eigenvalue weighted by Gasteiger charge is -2.28. The van der Waals surface area contributed by atoms with Crippen molar-refractivity contribution in [1.82, 2.24) is 15.1 Å². The zero-order valence-corrected chi connectivity index (χ0v) is 14.1. The minimum atomic E-state index is -4.50. The zero-order chi connectivity index (χ0) is 17.6. The lowest BCUT2D eigenvalue weighted by molar-refractivity contribution is -0.0696. The number of rotatable bonds is 1. The molecule has 2 fully saturated rings. The number of amides is 2. The number of hydrogen-bond donors (Lipinski definition) is 1. The van der Waals surface area contributed by atoms with E-state index in [-0.39, 0.29) is 12.1 Å². The first kappa shape index (κ1) is 16.5. The number of carbonyl (C=O) groups is 1. The fraction of sp³-hybridized carbons (Fsp3) is 0.471. The summed E-state index contributed by atoms with van der Waals surface area (Å²) < 4.78 is 36.6. The number of nitrogens with one attached hydrogen (secondary N) is 1. The molecule has 3 unspecified atom stereocenters. The topological polar surface area (TPSA) is 35.6 Å². The molecule has 3 atom stereocenters. The quantitative estimate of drug-likeness (QED) is 0.775. The summed E-state index contributed by atoms with van der Waals surface area (Å²) in [4.78, 5) is 17.6. The number of fused-ring (bicyclic) bond motifs is 3. The maximum atomic E-state index is 12.5. The van der Waals surface area contributed by atoms with Gasteiger partial charge in [0.15, 0.2) is 0 Å². The van der Waals surface area contributed by atoms with Crippen LogP contribution in [0.2, 0.25) is 0 Å². The van der Waals surface area contributed by atoms with E-state index in [1.165, 1.54) is 17.3 Å². The van der Waals surface area contributed by atoms with Gasteiger partial charge in [0.05, 0.1) is 11.4 Å². The van der Waals surface area contributed by atoms with E-state index in [9.17, 15) is 18.0 Å². The van der Waals surface area contributed by atoms with Crippen molar-refractivity contribution in [3.63, 3.8) is 0 Å². The van der Waals surface area contributed by atoms with Crippen LogP contribution in [0.25, 0.3) is 6.08 Å². The van der Waals surface area contributed by atoms with Gasteiger partial charge in [0.25, 0.3) is 0 Å². The molecule has 132 valence electrons. The van der Waals surface area contributed by atoms with E-state index >= 15 is 0 Å². The molecule has 1 aromatic rings. The van der Waals surface area contributed by atoms with Crippen molar-refractivity contribution in [2.45, 2.75) is 25.2 Å². The first-order valence-corrected chi connectivity index (χ1v) is 8.89. The highest BCUT2D eigenvalue weighted by atomic mass is 32.1. The highest BCUT2D eigenvalue weighted by Crippen LogP contribution is 2.30.